The number of fused-ring (bicyclic) bond motifs is 1. The maximum atomic E-state index is 11.8. The van der Waals surface area contributed by atoms with Crippen LogP contribution in [0, 0.1) is 0 Å². The monoisotopic (exact) mass is 325 g/mol. The maximum Gasteiger partial charge on any atom is 0.265 e. The third-order valence-electron chi connectivity index (χ3n) is 4.17. The number of rotatable bonds is 5. The van der Waals surface area contributed by atoms with Crippen LogP contribution in [-0.2, 0) is 11.3 Å². The van der Waals surface area contributed by atoms with E-state index in [1.807, 2.05) is 39.2 Å². The number of hydrogen-bond donors (Lipinski definition) is 1. The van der Waals surface area contributed by atoms with Crippen LogP contribution in [0.5, 0.6) is 5.75 Å². The smallest absolute Gasteiger partial charge is 0.265 e. The lowest BCUT2D eigenvalue weighted by Crippen LogP contribution is -2.38. The van der Waals surface area contributed by atoms with E-state index in [-0.39, 0.29) is 12.5 Å². The fraction of sp³-hybridized carbons (Fsp3) is 0.316. The zero-order valence-corrected chi connectivity index (χ0v) is 14.4. The van der Waals surface area contributed by atoms with Gasteiger partial charge in [0.1, 0.15) is 5.75 Å². The second-order valence-corrected chi connectivity index (χ2v) is 6.02. The van der Waals surface area contributed by atoms with Crippen LogP contribution in [-0.4, -0.2) is 33.2 Å². The highest BCUT2D eigenvalue weighted by Gasteiger charge is 2.24. The highest BCUT2D eigenvalue weighted by molar-refractivity contribution is 5.98. The van der Waals surface area contributed by atoms with Gasteiger partial charge in [-0.15, -0.1) is 0 Å². The molecule has 0 saturated carbocycles. The molecule has 1 N–H and O–H groups in total. The van der Waals surface area contributed by atoms with E-state index < -0.39 is 0 Å². The molecule has 0 radical (unpaired) electrons. The first-order valence-electron chi connectivity index (χ1n) is 8.16. The fourth-order valence-electron chi connectivity index (χ4n) is 2.78. The van der Waals surface area contributed by atoms with Crippen LogP contribution in [0.3, 0.4) is 0 Å². The Bertz CT molecular complexity index is 726. The summed E-state index contributed by atoms with van der Waals surface area (Å²) in [5.41, 5.74) is 4.22. The van der Waals surface area contributed by atoms with Gasteiger partial charge in [0.25, 0.3) is 5.91 Å². The number of carbonyl (C=O) groups is 1. The molecular formula is C19H23N3O2. The molecule has 24 heavy (non-hydrogen) atoms. The van der Waals surface area contributed by atoms with Gasteiger partial charge in [-0.05, 0) is 36.8 Å². The first kappa shape index (κ1) is 16.2. The van der Waals surface area contributed by atoms with E-state index in [1.54, 1.807) is 4.90 Å². The van der Waals surface area contributed by atoms with Gasteiger partial charge in [0.2, 0.25) is 0 Å². The van der Waals surface area contributed by atoms with Crippen LogP contribution in [0.4, 0.5) is 17.1 Å². The zero-order valence-electron chi connectivity index (χ0n) is 14.4. The summed E-state index contributed by atoms with van der Waals surface area (Å²) in [6.07, 6.45) is 0. The summed E-state index contributed by atoms with van der Waals surface area (Å²) < 4.78 is 5.57. The van der Waals surface area contributed by atoms with E-state index in [1.165, 1.54) is 11.3 Å². The normalized spacial score (nSPS) is 13.3. The van der Waals surface area contributed by atoms with Crippen LogP contribution in [0.25, 0.3) is 0 Å². The lowest BCUT2D eigenvalue weighted by molar-refractivity contribution is -0.121. The molecule has 0 saturated heterocycles. The number of anilines is 3. The van der Waals surface area contributed by atoms with Crippen molar-refractivity contribution in [1.29, 1.82) is 0 Å². The zero-order chi connectivity index (χ0) is 17.1. The van der Waals surface area contributed by atoms with Gasteiger partial charge in [-0.25, -0.2) is 0 Å². The second kappa shape index (κ2) is 6.83. The molecule has 0 unspecified atom stereocenters. The molecule has 5 heteroatoms. The fourth-order valence-corrected chi connectivity index (χ4v) is 2.78. The molecule has 1 heterocycles. The number of carbonyl (C=O) groups excluding carboxylic acids is 1. The van der Waals surface area contributed by atoms with Crippen molar-refractivity contribution >= 4 is 23.0 Å². The summed E-state index contributed by atoms with van der Waals surface area (Å²) in [5.74, 6) is 0.760. The van der Waals surface area contributed by atoms with Crippen molar-refractivity contribution in [2.45, 2.75) is 13.5 Å². The number of amides is 1. The predicted octanol–water partition coefficient (Wildman–Crippen LogP) is 3.11. The molecule has 0 atom stereocenters. The van der Waals surface area contributed by atoms with Crippen molar-refractivity contribution in [3.63, 3.8) is 0 Å². The molecule has 3 rings (SSSR count). The molecule has 0 aromatic heterocycles. The summed E-state index contributed by atoms with van der Waals surface area (Å²) in [6, 6.07) is 14.3. The van der Waals surface area contributed by atoms with E-state index >= 15 is 0 Å². The second-order valence-electron chi connectivity index (χ2n) is 6.02. The molecule has 1 aliphatic rings. The van der Waals surface area contributed by atoms with Gasteiger partial charge in [0, 0.05) is 44.6 Å². The topological polar surface area (TPSA) is 44.8 Å². The Balaban J connectivity index is 1.69. The standard InChI is InChI=1S/C19H23N3O2/c1-4-22-17-10-7-15(11-18(17)24-13-19(22)23)20-12-14-5-8-16(9-6-14)21(2)3/h5-11,20H,4,12-13H2,1-3H3. The largest absolute Gasteiger partial charge is 0.481 e. The minimum Gasteiger partial charge on any atom is -0.481 e. The highest BCUT2D eigenvalue weighted by Crippen LogP contribution is 2.34. The molecule has 5 nitrogen and oxygen atoms in total. The molecule has 1 amide bonds. The number of likely N-dealkylation sites (N-methyl/N-ethyl adjacent to an activating group) is 1. The van der Waals surface area contributed by atoms with Gasteiger partial charge in [-0.2, -0.15) is 0 Å². The van der Waals surface area contributed by atoms with Gasteiger partial charge >= 0.3 is 0 Å². The molecule has 0 aliphatic carbocycles. The molecule has 2 aromatic rings. The summed E-state index contributed by atoms with van der Waals surface area (Å²) in [5, 5.41) is 3.41. The Morgan fingerprint density at radius 1 is 1.17 bits per heavy atom. The van der Waals surface area contributed by atoms with Gasteiger partial charge in [-0.1, -0.05) is 12.1 Å². The van der Waals surface area contributed by atoms with Crippen molar-refractivity contribution in [3.05, 3.63) is 48.0 Å². The quantitative estimate of drug-likeness (QED) is 0.917. The first-order chi connectivity index (χ1) is 11.6. The lowest BCUT2D eigenvalue weighted by Gasteiger charge is -2.28. The molecule has 126 valence electrons. The summed E-state index contributed by atoms with van der Waals surface area (Å²) in [7, 11) is 4.06. The van der Waals surface area contributed by atoms with E-state index in [0.717, 1.165) is 23.7 Å². The van der Waals surface area contributed by atoms with Crippen LogP contribution in [0.15, 0.2) is 42.5 Å². The van der Waals surface area contributed by atoms with Crippen molar-refractivity contribution < 1.29 is 9.53 Å². The number of nitrogens with one attached hydrogen (secondary N) is 1. The average Bonchev–Trinajstić information content (AvgIpc) is 2.60. The van der Waals surface area contributed by atoms with Crippen LogP contribution >= 0.6 is 0 Å². The van der Waals surface area contributed by atoms with Gasteiger partial charge < -0.3 is 19.9 Å². The molecule has 0 spiro atoms. The Labute approximate surface area is 142 Å². The molecule has 2 aromatic carbocycles. The van der Waals surface area contributed by atoms with E-state index in [9.17, 15) is 4.79 Å². The van der Waals surface area contributed by atoms with Crippen molar-refractivity contribution in [2.24, 2.45) is 0 Å². The number of benzene rings is 2. The third kappa shape index (κ3) is 3.30. The molecule has 0 bridgehead atoms. The van der Waals surface area contributed by atoms with Crippen molar-refractivity contribution in [3.8, 4) is 5.75 Å². The van der Waals surface area contributed by atoms with Crippen LogP contribution < -0.4 is 19.9 Å². The van der Waals surface area contributed by atoms with E-state index in [0.29, 0.717) is 6.54 Å². The van der Waals surface area contributed by atoms with Gasteiger partial charge in [0.15, 0.2) is 6.61 Å². The number of hydrogen-bond acceptors (Lipinski definition) is 4. The van der Waals surface area contributed by atoms with Crippen LogP contribution in [0.2, 0.25) is 0 Å². The van der Waals surface area contributed by atoms with Crippen molar-refractivity contribution in [2.75, 3.05) is 42.4 Å². The molecule has 1 aliphatic heterocycles. The number of ether oxygens (including phenoxy) is 1. The van der Waals surface area contributed by atoms with E-state index in [4.69, 9.17) is 4.74 Å². The Morgan fingerprint density at radius 3 is 2.58 bits per heavy atom. The van der Waals surface area contributed by atoms with Gasteiger partial charge in [0.05, 0.1) is 5.69 Å². The summed E-state index contributed by atoms with van der Waals surface area (Å²) in [6.45, 7) is 3.47. The average molecular weight is 325 g/mol. The molecular weight excluding hydrogens is 302 g/mol. The van der Waals surface area contributed by atoms with Crippen molar-refractivity contribution in [1.82, 2.24) is 0 Å². The first-order valence-corrected chi connectivity index (χ1v) is 8.16. The Hall–Kier alpha value is -2.69. The van der Waals surface area contributed by atoms with Gasteiger partial charge in [-0.3, -0.25) is 4.79 Å². The Morgan fingerprint density at radius 2 is 1.92 bits per heavy atom. The summed E-state index contributed by atoms with van der Waals surface area (Å²) >= 11 is 0. The highest BCUT2D eigenvalue weighted by atomic mass is 16.5. The molecule has 0 fully saturated rings. The predicted molar refractivity (Wildman–Crippen MR) is 98.1 cm³/mol. The third-order valence-corrected chi connectivity index (χ3v) is 4.17. The lowest BCUT2D eigenvalue weighted by atomic mass is 10.1. The minimum absolute atomic E-state index is 0.00620. The number of nitrogens with zero attached hydrogens (tertiary/aromatic N) is 2. The SMILES string of the molecule is CCN1C(=O)COc2cc(NCc3ccc(N(C)C)cc3)ccc21. The summed E-state index contributed by atoms with van der Waals surface area (Å²) in [4.78, 5) is 15.7. The minimum atomic E-state index is 0.00620. The maximum absolute atomic E-state index is 11.8. The Kier molecular flexibility index (Phi) is 4.60. The van der Waals surface area contributed by atoms with Crippen LogP contribution in [0.1, 0.15) is 12.5 Å². The van der Waals surface area contributed by atoms with E-state index in [2.05, 4.69) is 34.5 Å².